The molecule has 1 aromatic heterocycles. The van der Waals surface area contributed by atoms with Gasteiger partial charge in [-0.15, -0.1) is 0 Å². The number of carbonyl (C=O) groups is 1. The van der Waals surface area contributed by atoms with E-state index >= 15 is 0 Å². The normalized spacial score (nSPS) is 11.7. The fourth-order valence-electron chi connectivity index (χ4n) is 3.60. The lowest BCUT2D eigenvalue weighted by Crippen LogP contribution is -2.29. The van der Waals surface area contributed by atoms with Crippen LogP contribution in [-0.2, 0) is 13.2 Å². The standard InChI is InChI=1S/C26H24F3N3O2S/c1-17(2)30-25(33)19-10-13-23-22(14-19)31-24(16-34-20-6-4-3-5-7-20)32(23)15-18-8-11-21(12-9-18)35-26(27,28)29/h3-14,17H,15-16H2,1-2H3,(H,30,33). The number of hydrogen-bond donors (Lipinski definition) is 1. The number of ether oxygens (including phenoxy) is 1. The maximum absolute atomic E-state index is 12.7. The van der Waals surface area contributed by atoms with Crippen LogP contribution in [0.5, 0.6) is 5.75 Å². The van der Waals surface area contributed by atoms with Gasteiger partial charge in [0.2, 0.25) is 0 Å². The van der Waals surface area contributed by atoms with E-state index in [1.54, 1.807) is 24.3 Å². The molecule has 35 heavy (non-hydrogen) atoms. The van der Waals surface area contributed by atoms with Crippen LogP contribution in [0.1, 0.15) is 35.6 Å². The summed E-state index contributed by atoms with van der Waals surface area (Å²) < 4.78 is 45.9. The van der Waals surface area contributed by atoms with Crippen LogP contribution < -0.4 is 10.1 Å². The van der Waals surface area contributed by atoms with Crippen LogP contribution in [0.2, 0.25) is 0 Å². The smallest absolute Gasteiger partial charge is 0.446 e. The molecular weight excluding hydrogens is 475 g/mol. The van der Waals surface area contributed by atoms with Crippen LogP contribution in [-0.4, -0.2) is 27.0 Å². The predicted molar refractivity (Wildman–Crippen MR) is 131 cm³/mol. The molecule has 1 N–H and O–H groups in total. The summed E-state index contributed by atoms with van der Waals surface area (Å²) >= 11 is -0.140. The van der Waals surface area contributed by atoms with Gasteiger partial charge in [0, 0.05) is 23.0 Å². The van der Waals surface area contributed by atoms with Crippen LogP contribution in [0.15, 0.2) is 77.7 Å². The van der Waals surface area contributed by atoms with Gasteiger partial charge in [-0.2, -0.15) is 13.2 Å². The van der Waals surface area contributed by atoms with Gasteiger partial charge in [0.15, 0.2) is 0 Å². The van der Waals surface area contributed by atoms with Gasteiger partial charge in [0.05, 0.1) is 11.0 Å². The van der Waals surface area contributed by atoms with Crippen LogP contribution >= 0.6 is 11.8 Å². The van der Waals surface area contributed by atoms with Gasteiger partial charge in [-0.05, 0) is 73.6 Å². The summed E-state index contributed by atoms with van der Waals surface area (Å²) in [6.07, 6.45) is 0. The number of amides is 1. The Hall–Kier alpha value is -3.46. The Balaban J connectivity index is 1.65. The molecule has 0 fully saturated rings. The van der Waals surface area contributed by atoms with Crippen molar-refractivity contribution in [2.45, 2.75) is 43.4 Å². The van der Waals surface area contributed by atoms with Crippen molar-refractivity contribution in [2.75, 3.05) is 0 Å². The average Bonchev–Trinajstić information content (AvgIpc) is 3.14. The third-order valence-electron chi connectivity index (χ3n) is 5.12. The molecule has 0 aliphatic rings. The number of imidazole rings is 1. The van der Waals surface area contributed by atoms with Gasteiger partial charge >= 0.3 is 5.51 Å². The molecule has 0 bridgehead atoms. The van der Waals surface area contributed by atoms with E-state index in [0.717, 1.165) is 11.1 Å². The zero-order valence-electron chi connectivity index (χ0n) is 19.2. The number of carbonyl (C=O) groups excluding carboxylic acids is 1. The monoisotopic (exact) mass is 499 g/mol. The minimum Gasteiger partial charge on any atom is -0.486 e. The molecule has 0 aliphatic heterocycles. The molecule has 0 radical (unpaired) electrons. The lowest BCUT2D eigenvalue weighted by atomic mass is 10.1. The van der Waals surface area contributed by atoms with Crippen molar-refractivity contribution < 1.29 is 22.7 Å². The highest BCUT2D eigenvalue weighted by atomic mass is 32.2. The summed E-state index contributed by atoms with van der Waals surface area (Å²) in [5, 5.41) is 2.87. The maximum atomic E-state index is 12.7. The molecule has 0 saturated carbocycles. The van der Waals surface area contributed by atoms with E-state index < -0.39 is 5.51 Å². The van der Waals surface area contributed by atoms with Gasteiger partial charge in [0.1, 0.15) is 18.2 Å². The van der Waals surface area contributed by atoms with E-state index in [-0.39, 0.29) is 35.2 Å². The van der Waals surface area contributed by atoms with Crippen LogP contribution in [0.4, 0.5) is 13.2 Å². The minimum absolute atomic E-state index is 0.00377. The molecule has 1 heterocycles. The lowest BCUT2D eigenvalue weighted by Gasteiger charge is -2.12. The summed E-state index contributed by atoms with van der Waals surface area (Å²) in [6.45, 7) is 4.36. The molecule has 3 aromatic carbocycles. The van der Waals surface area contributed by atoms with Crippen molar-refractivity contribution in [1.29, 1.82) is 0 Å². The Morgan fingerprint density at radius 3 is 2.43 bits per heavy atom. The fraction of sp³-hybridized carbons (Fsp3) is 0.231. The van der Waals surface area contributed by atoms with Gasteiger partial charge in [-0.3, -0.25) is 4.79 Å². The molecule has 0 saturated heterocycles. The molecule has 4 aromatic rings. The Morgan fingerprint density at radius 1 is 1.06 bits per heavy atom. The summed E-state index contributed by atoms with van der Waals surface area (Å²) in [5.74, 6) is 1.15. The number of para-hydroxylation sites is 1. The van der Waals surface area contributed by atoms with Crippen LogP contribution in [0.3, 0.4) is 0 Å². The molecule has 5 nitrogen and oxygen atoms in total. The number of nitrogens with one attached hydrogen (secondary N) is 1. The first-order chi connectivity index (χ1) is 16.7. The van der Waals surface area contributed by atoms with Crippen molar-refractivity contribution in [3.63, 3.8) is 0 Å². The number of halogens is 3. The first-order valence-corrected chi connectivity index (χ1v) is 11.8. The summed E-state index contributed by atoms with van der Waals surface area (Å²) in [6, 6.07) is 20.9. The van der Waals surface area contributed by atoms with Crippen molar-refractivity contribution in [2.24, 2.45) is 0 Å². The second kappa shape index (κ2) is 10.4. The first-order valence-electron chi connectivity index (χ1n) is 11.0. The average molecular weight is 500 g/mol. The molecule has 4 rings (SSSR count). The van der Waals surface area contributed by atoms with Crippen molar-refractivity contribution >= 4 is 28.7 Å². The van der Waals surface area contributed by atoms with Gasteiger partial charge in [0.25, 0.3) is 5.91 Å². The van der Waals surface area contributed by atoms with Crippen LogP contribution in [0.25, 0.3) is 11.0 Å². The Bertz CT molecular complexity index is 1300. The number of aromatic nitrogens is 2. The molecule has 182 valence electrons. The molecule has 0 aliphatic carbocycles. The lowest BCUT2D eigenvalue weighted by molar-refractivity contribution is -0.0328. The van der Waals surface area contributed by atoms with E-state index in [0.29, 0.717) is 29.2 Å². The summed E-state index contributed by atoms with van der Waals surface area (Å²) in [7, 11) is 0. The van der Waals surface area contributed by atoms with E-state index in [9.17, 15) is 18.0 Å². The number of rotatable bonds is 8. The number of hydrogen-bond acceptors (Lipinski definition) is 4. The van der Waals surface area contributed by atoms with Gasteiger partial charge in [-0.25, -0.2) is 4.98 Å². The molecule has 0 spiro atoms. The third kappa shape index (κ3) is 6.57. The van der Waals surface area contributed by atoms with Crippen molar-refractivity contribution in [3.8, 4) is 5.75 Å². The largest absolute Gasteiger partial charge is 0.486 e. The van der Waals surface area contributed by atoms with E-state index in [1.807, 2.05) is 54.8 Å². The Morgan fingerprint density at radius 2 is 1.77 bits per heavy atom. The second-order valence-corrected chi connectivity index (χ2v) is 9.38. The quantitative estimate of drug-likeness (QED) is 0.285. The second-order valence-electron chi connectivity index (χ2n) is 8.24. The van der Waals surface area contributed by atoms with E-state index in [2.05, 4.69) is 5.32 Å². The molecular formula is C26H24F3N3O2S. The number of nitrogens with zero attached hydrogens (tertiary/aromatic N) is 2. The zero-order chi connectivity index (χ0) is 25.0. The number of fused-ring (bicyclic) bond motifs is 1. The predicted octanol–water partition coefficient (Wildman–Crippen LogP) is 6.41. The van der Waals surface area contributed by atoms with Crippen molar-refractivity contribution in [1.82, 2.24) is 14.9 Å². The summed E-state index contributed by atoms with van der Waals surface area (Å²) in [5.41, 5.74) is -1.58. The fourth-order valence-corrected chi connectivity index (χ4v) is 4.14. The van der Waals surface area contributed by atoms with Gasteiger partial charge < -0.3 is 14.6 Å². The Labute approximate surface area is 205 Å². The van der Waals surface area contributed by atoms with Crippen LogP contribution in [0, 0.1) is 0 Å². The Kier molecular flexibility index (Phi) is 7.35. The van der Waals surface area contributed by atoms with Crippen molar-refractivity contribution in [3.05, 3.63) is 89.7 Å². The highest BCUT2D eigenvalue weighted by molar-refractivity contribution is 8.00. The number of alkyl halides is 3. The first kappa shape index (κ1) is 24.7. The minimum atomic E-state index is -4.33. The number of thioether (sulfide) groups is 1. The molecule has 1 amide bonds. The number of benzene rings is 3. The maximum Gasteiger partial charge on any atom is 0.446 e. The SMILES string of the molecule is CC(C)NC(=O)c1ccc2c(c1)nc(COc1ccccc1)n2Cc1ccc(SC(F)(F)F)cc1. The molecule has 0 unspecified atom stereocenters. The summed E-state index contributed by atoms with van der Waals surface area (Å²) in [4.78, 5) is 17.3. The highest BCUT2D eigenvalue weighted by Gasteiger charge is 2.29. The highest BCUT2D eigenvalue weighted by Crippen LogP contribution is 2.36. The molecule has 0 atom stereocenters. The zero-order valence-corrected chi connectivity index (χ0v) is 20.0. The molecule has 9 heteroatoms. The third-order valence-corrected chi connectivity index (χ3v) is 5.86. The van der Waals surface area contributed by atoms with Gasteiger partial charge in [-0.1, -0.05) is 30.3 Å². The van der Waals surface area contributed by atoms with E-state index in [1.165, 1.54) is 12.1 Å². The topological polar surface area (TPSA) is 56.1 Å². The van der Waals surface area contributed by atoms with E-state index in [4.69, 9.17) is 9.72 Å².